The monoisotopic (exact) mass is 399 g/mol. The number of nitrogens with one attached hydrogen (secondary N) is 1. The molecule has 1 aromatic carbocycles. The van der Waals surface area contributed by atoms with Gasteiger partial charge < -0.3 is 10.1 Å². The zero-order valence-electron chi connectivity index (χ0n) is 16.8. The number of rotatable bonds is 7. The molecule has 1 unspecified atom stereocenters. The minimum atomic E-state index is -0.644. The average molecular weight is 399 g/mol. The summed E-state index contributed by atoms with van der Waals surface area (Å²) in [7, 11) is 0. The summed E-state index contributed by atoms with van der Waals surface area (Å²) in [6, 6.07) is 9.59. The summed E-state index contributed by atoms with van der Waals surface area (Å²) in [6.45, 7) is 4.05. The smallest absolute Gasteiger partial charge is 0.205 e. The van der Waals surface area contributed by atoms with Gasteiger partial charge in [0.25, 0.3) is 0 Å². The van der Waals surface area contributed by atoms with Crippen molar-refractivity contribution in [1.82, 2.24) is 15.3 Å². The molecule has 1 aliphatic rings. The molecule has 1 aliphatic carbocycles. The Morgan fingerprint density at radius 2 is 1.93 bits per heavy atom. The Balaban J connectivity index is 1.96. The topological polar surface area (TPSA) is 89.0 Å². The Labute approximate surface area is 173 Å². The van der Waals surface area contributed by atoms with Crippen LogP contribution in [0.1, 0.15) is 30.0 Å². The number of carbonyl (C=O) groups excluding carboxylic acids is 3. The fraction of sp³-hybridized carbons (Fsp3) is 0.208. The van der Waals surface area contributed by atoms with Gasteiger partial charge in [0.1, 0.15) is 12.0 Å². The lowest BCUT2D eigenvalue weighted by molar-refractivity contribution is -0.116. The molecule has 0 fully saturated rings. The largest absolute Gasteiger partial charge is 0.309 e. The number of pyridine rings is 2. The van der Waals surface area contributed by atoms with Crippen LogP contribution in [0.2, 0.25) is 0 Å². The molecule has 2 heterocycles. The summed E-state index contributed by atoms with van der Waals surface area (Å²) in [4.78, 5) is 45.9. The number of carbonyl (C=O) groups is 3. The van der Waals surface area contributed by atoms with Gasteiger partial charge in [0, 0.05) is 23.5 Å². The summed E-state index contributed by atoms with van der Waals surface area (Å²) in [6.07, 6.45) is 5.40. The molecule has 0 aliphatic heterocycles. The number of nitrogens with zero attached hydrogens (tertiary/aromatic N) is 2. The van der Waals surface area contributed by atoms with Crippen LogP contribution >= 0.6 is 0 Å². The van der Waals surface area contributed by atoms with Gasteiger partial charge in [-0.05, 0) is 49.1 Å². The van der Waals surface area contributed by atoms with Crippen LogP contribution in [0, 0.1) is 5.92 Å². The van der Waals surface area contributed by atoms with Gasteiger partial charge in [-0.1, -0.05) is 23.8 Å². The molecule has 0 bridgehead atoms. The van der Waals surface area contributed by atoms with Crippen LogP contribution in [0.25, 0.3) is 27.2 Å². The van der Waals surface area contributed by atoms with Gasteiger partial charge in [-0.3, -0.25) is 14.6 Å². The molecule has 0 saturated heterocycles. The summed E-state index contributed by atoms with van der Waals surface area (Å²) in [5.41, 5.74) is 3.14. The van der Waals surface area contributed by atoms with E-state index in [0.717, 1.165) is 28.1 Å². The third kappa shape index (κ3) is 3.46. The first-order chi connectivity index (χ1) is 14.5. The van der Waals surface area contributed by atoms with Crippen LogP contribution in [0.3, 0.4) is 0 Å². The molecule has 1 N–H and O–H groups in total. The van der Waals surface area contributed by atoms with Gasteiger partial charge in [0.15, 0.2) is 5.78 Å². The number of aldehydes is 1. The van der Waals surface area contributed by atoms with Crippen LogP contribution in [0.15, 0.2) is 54.3 Å². The van der Waals surface area contributed by atoms with E-state index in [1.165, 1.54) is 6.08 Å². The molecule has 0 amide bonds. The van der Waals surface area contributed by atoms with Crippen molar-refractivity contribution in [3.8, 4) is 0 Å². The van der Waals surface area contributed by atoms with E-state index < -0.39 is 5.92 Å². The molecular weight excluding hydrogens is 378 g/mol. The summed E-state index contributed by atoms with van der Waals surface area (Å²) < 4.78 is 0. The van der Waals surface area contributed by atoms with Crippen molar-refractivity contribution >= 4 is 45.1 Å². The highest BCUT2D eigenvalue weighted by Crippen LogP contribution is 2.38. The van der Waals surface area contributed by atoms with E-state index in [-0.39, 0.29) is 24.7 Å². The van der Waals surface area contributed by atoms with E-state index in [0.29, 0.717) is 22.3 Å². The lowest BCUT2D eigenvalue weighted by atomic mass is 9.83. The number of hydrogen-bond acceptors (Lipinski definition) is 6. The SMILES string of the molecule is CC(C)=CC(=O)C(CNCC=O)C1=CC(=O)c2nccc3c2c1nc1ccccc13. The van der Waals surface area contributed by atoms with Crippen LogP contribution in [-0.2, 0) is 9.59 Å². The second kappa shape index (κ2) is 8.08. The number of fused-ring (bicyclic) bond motifs is 2. The van der Waals surface area contributed by atoms with Gasteiger partial charge in [0.2, 0.25) is 5.78 Å². The van der Waals surface area contributed by atoms with Gasteiger partial charge >= 0.3 is 0 Å². The van der Waals surface area contributed by atoms with Crippen molar-refractivity contribution in [2.75, 3.05) is 13.1 Å². The third-order valence-corrected chi connectivity index (χ3v) is 5.13. The normalized spacial score (nSPS) is 13.8. The Bertz CT molecular complexity index is 1250. The first-order valence-electron chi connectivity index (χ1n) is 9.78. The second-order valence-electron chi connectivity index (χ2n) is 7.53. The molecule has 2 aromatic heterocycles. The molecule has 6 nitrogen and oxygen atoms in total. The molecule has 3 aromatic rings. The van der Waals surface area contributed by atoms with Crippen molar-refractivity contribution in [3.05, 3.63) is 65.6 Å². The molecule has 4 rings (SSSR count). The molecule has 6 heteroatoms. The van der Waals surface area contributed by atoms with Crippen LogP contribution in [-0.4, -0.2) is 40.9 Å². The lowest BCUT2D eigenvalue weighted by Crippen LogP contribution is -2.31. The van der Waals surface area contributed by atoms with Gasteiger partial charge in [-0.25, -0.2) is 4.98 Å². The number of benzene rings is 1. The van der Waals surface area contributed by atoms with E-state index in [4.69, 9.17) is 4.98 Å². The third-order valence-electron chi connectivity index (χ3n) is 5.13. The Morgan fingerprint density at radius 1 is 1.13 bits per heavy atom. The quantitative estimate of drug-likeness (QED) is 0.284. The number of hydrogen-bond donors (Lipinski definition) is 1. The Morgan fingerprint density at radius 3 is 2.70 bits per heavy atom. The highest BCUT2D eigenvalue weighted by Gasteiger charge is 2.31. The van der Waals surface area contributed by atoms with Crippen LogP contribution < -0.4 is 5.32 Å². The molecule has 0 saturated carbocycles. The molecule has 1 atom stereocenters. The van der Waals surface area contributed by atoms with Crippen molar-refractivity contribution in [2.24, 2.45) is 5.92 Å². The fourth-order valence-electron chi connectivity index (χ4n) is 3.88. The van der Waals surface area contributed by atoms with Gasteiger partial charge in [-0.2, -0.15) is 0 Å². The second-order valence-corrected chi connectivity index (χ2v) is 7.53. The standard InChI is InChI=1S/C24H21N3O3/c1-14(2)11-20(29)18(13-25-9-10-28)17-12-21(30)24-22-16(7-8-26-24)15-5-3-4-6-19(15)27-23(17)22/h3-8,10-12,18,25H,9,13H2,1-2H3. The molecule has 0 radical (unpaired) electrons. The predicted molar refractivity (Wildman–Crippen MR) is 116 cm³/mol. The number of aromatic nitrogens is 2. The van der Waals surface area contributed by atoms with Crippen molar-refractivity contribution in [2.45, 2.75) is 13.8 Å². The van der Waals surface area contributed by atoms with E-state index in [2.05, 4.69) is 10.3 Å². The molecule has 0 spiro atoms. The van der Waals surface area contributed by atoms with Crippen LogP contribution in [0.5, 0.6) is 0 Å². The Kier molecular flexibility index (Phi) is 5.33. The summed E-state index contributed by atoms with van der Waals surface area (Å²) >= 11 is 0. The lowest BCUT2D eigenvalue weighted by Gasteiger charge is -2.23. The number of ketones is 2. The van der Waals surface area contributed by atoms with E-state index in [9.17, 15) is 14.4 Å². The van der Waals surface area contributed by atoms with Crippen molar-refractivity contribution in [3.63, 3.8) is 0 Å². The highest BCUT2D eigenvalue weighted by atomic mass is 16.1. The predicted octanol–water partition coefficient (Wildman–Crippen LogP) is 3.30. The molecule has 30 heavy (non-hydrogen) atoms. The van der Waals surface area contributed by atoms with Gasteiger partial charge in [0.05, 0.1) is 23.7 Å². The number of para-hydroxylation sites is 1. The maximum Gasteiger partial charge on any atom is 0.205 e. The molecular formula is C24H21N3O3. The maximum absolute atomic E-state index is 13.0. The van der Waals surface area contributed by atoms with Crippen molar-refractivity contribution < 1.29 is 14.4 Å². The first kappa shape index (κ1) is 19.8. The zero-order chi connectivity index (χ0) is 21.3. The zero-order valence-corrected chi connectivity index (χ0v) is 16.8. The summed E-state index contributed by atoms with van der Waals surface area (Å²) in [5.74, 6) is -1.03. The van der Waals surface area contributed by atoms with E-state index in [1.54, 1.807) is 12.3 Å². The summed E-state index contributed by atoms with van der Waals surface area (Å²) in [5, 5.41) is 5.47. The highest BCUT2D eigenvalue weighted by molar-refractivity contribution is 6.25. The van der Waals surface area contributed by atoms with Crippen LogP contribution in [0.4, 0.5) is 0 Å². The van der Waals surface area contributed by atoms with Crippen molar-refractivity contribution in [1.29, 1.82) is 0 Å². The minimum absolute atomic E-state index is 0.124. The maximum atomic E-state index is 13.0. The number of allylic oxidation sites excluding steroid dienone is 3. The fourth-order valence-corrected chi connectivity index (χ4v) is 3.88. The van der Waals surface area contributed by atoms with E-state index in [1.807, 2.05) is 44.2 Å². The first-order valence-corrected chi connectivity index (χ1v) is 9.78. The minimum Gasteiger partial charge on any atom is -0.309 e. The molecule has 150 valence electrons. The van der Waals surface area contributed by atoms with Gasteiger partial charge in [-0.15, -0.1) is 0 Å². The van der Waals surface area contributed by atoms with E-state index >= 15 is 0 Å². The Hall–Kier alpha value is -3.51. The average Bonchev–Trinajstić information content (AvgIpc) is 2.73.